The second-order valence-electron chi connectivity index (χ2n) is 6.10. The van der Waals surface area contributed by atoms with Crippen molar-refractivity contribution in [1.29, 1.82) is 0 Å². The fraction of sp³-hybridized carbons (Fsp3) is 0.800. The van der Waals surface area contributed by atoms with Crippen LogP contribution in [0.15, 0.2) is 0 Å². The van der Waals surface area contributed by atoms with Gasteiger partial charge in [-0.3, -0.25) is 4.79 Å². The van der Waals surface area contributed by atoms with Crippen molar-refractivity contribution in [1.82, 2.24) is 15.1 Å². The Bertz CT molecular complexity index is 381. The predicted octanol–water partition coefficient (Wildman–Crippen LogP) is -0.0598. The minimum absolute atomic E-state index is 0.0524. The molecule has 0 saturated carbocycles. The zero-order chi connectivity index (χ0) is 18.0. The lowest BCUT2D eigenvalue weighted by Crippen LogP contribution is -2.48. The third kappa shape index (κ3) is 9.85. The molecule has 134 valence electrons. The standard InChI is InChI=1S/C13H27N3O.C2H2O4/c1-11-5-8-16(9-6-11)13(17)12(2)14-7-10-15(3)4;3-1(4)2(5)6/h11-12,14H,5-10H2,1-4H3;(H,3,4)(H,5,6). The highest BCUT2D eigenvalue weighted by Crippen LogP contribution is 2.16. The van der Waals surface area contributed by atoms with E-state index in [2.05, 4.69) is 17.1 Å². The van der Waals surface area contributed by atoms with E-state index in [9.17, 15) is 4.79 Å². The zero-order valence-electron chi connectivity index (χ0n) is 14.4. The first kappa shape index (κ1) is 21.3. The van der Waals surface area contributed by atoms with Crippen LogP contribution in [0.3, 0.4) is 0 Å². The molecule has 0 aliphatic carbocycles. The molecule has 8 nitrogen and oxygen atoms in total. The van der Waals surface area contributed by atoms with Crippen LogP contribution in [0.2, 0.25) is 0 Å². The number of aliphatic carboxylic acids is 2. The SMILES string of the molecule is CC1CCN(C(=O)C(C)NCCN(C)C)CC1.O=C(O)C(=O)O. The van der Waals surface area contributed by atoms with Crippen LogP contribution in [0.5, 0.6) is 0 Å². The van der Waals surface area contributed by atoms with E-state index in [-0.39, 0.29) is 11.9 Å². The smallest absolute Gasteiger partial charge is 0.414 e. The average Bonchev–Trinajstić information content (AvgIpc) is 2.47. The molecule has 3 N–H and O–H groups in total. The summed E-state index contributed by atoms with van der Waals surface area (Å²) >= 11 is 0. The quantitative estimate of drug-likeness (QED) is 0.605. The van der Waals surface area contributed by atoms with Crippen molar-refractivity contribution in [3.8, 4) is 0 Å². The van der Waals surface area contributed by atoms with E-state index in [0.29, 0.717) is 0 Å². The first-order chi connectivity index (χ1) is 10.6. The Morgan fingerprint density at radius 1 is 1.17 bits per heavy atom. The Labute approximate surface area is 137 Å². The topological polar surface area (TPSA) is 110 Å². The molecule has 23 heavy (non-hydrogen) atoms. The summed E-state index contributed by atoms with van der Waals surface area (Å²) in [5.74, 6) is -2.61. The van der Waals surface area contributed by atoms with Gasteiger partial charge in [-0.2, -0.15) is 0 Å². The molecule has 1 aliphatic rings. The number of nitrogens with zero attached hydrogens (tertiary/aromatic N) is 2. The Morgan fingerprint density at radius 2 is 1.65 bits per heavy atom. The third-order valence-electron chi connectivity index (χ3n) is 3.66. The molecule has 0 spiro atoms. The summed E-state index contributed by atoms with van der Waals surface area (Å²) in [6, 6.07) is -0.0524. The Kier molecular flexibility index (Phi) is 10.2. The van der Waals surface area contributed by atoms with Crippen LogP contribution < -0.4 is 5.32 Å². The van der Waals surface area contributed by atoms with Crippen molar-refractivity contribution in [3.63, 3.8) is 0 Å². The number of piperidine rings is 1. The first-order valence-electron chi connectivity index (χ1n) is 7.78. The maximum absolute atomic E-state index is 12.1. The molecule has 1 heterocycles. The molecule has 1 unspecified atom stereocenters. The van der Waals surface area contributed by atoms with Crippen LogP contribution in [0.25, 0.3) is 0 Å². The largest absolute Gasteiger partial charge is 0.473 e. The van der Waals surface area contributed by atoms with Gasteiger partial charge in [0.1, 0.15) is 0 Å². The molecule has 1 amide bonds. The lowest BCUT2D eigenvalue weighted by molar-refractivity contribution is -0.159. The fourth-order valence-electron chi connectivity index (χ4n) is 2.09. The Balaban J connectivity index is 0.000000688. The van der Waals surface area contributed by atoms with Crippen molar-refractivity contribution < 1.29 is 24.6 Å². The van der Waals surface area contributed by atoms with Crippen LogP contribution in [-0.4, -0.2) is 84.2 Å². The lowest BCUT2D eigenvalue weighted by atomic mass is 9.99. The summed E-state index contributed by atoms with van der Waals surface area (Å²) in [7, 11) is 4.08. The van der Waals surface area contributed by atoms with Crippen molar-refractivity contribution in [2.45, 2.75) is 32.7 Å². The number of hydrogen-bond donors (Lipinski definition) is 3. The van der Waals surface area contributed by atoms with Crippen molar-refractivity contribution >= 4 is 17.8 Å². The van der Waals surface area contributed by atoms with E-state index < -0.39 is 11.9 Å². The zero-order valence-corrected chi connectivity index (χ0v) is 14.4. The summed E-state index contributed by atoms with van der Waals surface area (Å²) < 4.78 is 0. The minimum Gasteiger partial charge on any atom is -0.473 e. The van der Waals surface area contributed by atoms with Gasteiger partial charge >= 0.3 is 11.9 Å². The summed E-state index contributed by atoms with van der Waals surface area (Å²) in [5, 5.41) is 18.1. The van der Waals surface area contributed by atoms with Gasteiger partial charge in [0.25, 0.3) is 0 Å². The molecule has 0 aromatic rings. The monoisotopic (exact) mass is 331 g/mol. The number of carbonyl (C=O) groups excluding carboxylic acids is 1. The predicted molar refractivity (Wildman–Crippen MR) is 86.3 cm³/mol. The molecule has 1 fully saturated rings. The molecule has 8 heteroatoms. The Hall–Kier alpha value is -1.67. The van der Waals surface area contributed by atoms with E-state index in [0.717, 1.165) is 44.9 Å². The second kappa shape index (κ2) is 11.0. The highest BCUT2D eigenvalue weighted by atomic mass is 16.4. The van der Waals surface area contributed by atoms with Gasteiger partial charge < -0.3 is 25.3 Å². The highest BCUT2D eigenvalue weighted by molar-refractivity contribution is 6.27. The lowest BCUT2D eigenvalue weighted by Gasteiger charge is -2.32. The van der Waals surface area contributed by atoms with Gasteiger partial charge in [0.15, 0.2) is 0 Å². The van der Waals surface area contributed by atoms with Crippen LogP contribution >= 0.6 is 0 Å². The van der Waals surface area contributed by atoms with E-state index in [1.165, 1.54) is 0 Å². The average molecular weight is 331 g/mol. The van der Waals surface area contributed by atoms with Crippen LogP contribution in [-0.2, 0) is 14.4 Å². The number of carboxylic acids is 2. The summed E-state index contributed by atoms with van der Waals surface area (Å²) in [6.07, 6.45) is 2.30. The van der Waals surface area contributed by atoms with E-state index in [1.54, 1.807) is 0 Å². The molecule has 1 rings (SSSR count). The van der Waals surface area contributed by atoms with Gasteiger partial charge in [-0.1, -0.05) is 6.92 Å². The summed E-state index contributed by atoms with van der Waals surface area (Å²) in [4.78, 5) is 34.5. The third-order valence-corrected chi connectivity index (χ3v) is 3.66. The molecule has 1 atom stereocenters. The van der Waals surface area contributed by atoms with Crippen LogP contribution in [0.1, 0.15) is 26.7 Å². The van der Waals surface area contributed by atoms with Gasteiger partial charge in [-0.15, -0.1) is 0 Å². The van der Waals surface area contributed by atoms with E-state index >= 15 is 0 Å². The normalized spacial score (nSPS) is 16.5. The van der Waals surface area contributed by atoms with E-state index in [4.69, 9.17) is 19.8 Å². The fourth-order valence-corrected chi connectivity index (χ4v) is 2.09. The number of likely N-dealkylation sites (N-methyl/N-ethyl adjacent to an activating group) is 1. The molecule has 0 bridgehead atoms. The number of hydrogen-bond acceptors (Lipinski definition) is 5. The number of carbonyl (C=O) groups is 3. The van der Waals surface area contributed by atoms with Gasteiger partial charge in [-0.05, 0) is 39.8 Å². The summed E-state index contributed by atoms with van der Waals surface area (Å²) in [6.45, 7) is 7.93. The van der Waals surface area contributed by atoms with Crippen molar-refractivity contribution in [2.24, 2.45) is 5.92 Å². The molecule has 0 aromatic heterocycles. The summed E-state index contributed by atoms with van der Waals surface area (Å²) in [5.41, 5.74) is 0. The van der Waals surface area contributed by atoms with Crippen molar-refractivity contribution in [2.75, 3.05) is 40.3 Å². The number of nitrogens with one attached hydrogen (secondary N) is 1. The van der Waals surface area contributed by atoms with E-state index in [1.807, 2.05) is 25.9 Å². The number of amides is 1. The minimum atomic E-state index is -1.82. The van der Waals surface area contributed by atoms with Gasteiger partial charge in [-0.25, -0.2) is 9.59 Å². The maximum atomic E-state index is 12.1. The van der Waals surface area contributed by atoms with Crippen molar-refractivity contribution in [3.05, 3.63) is 0 Å². The maximum Gasteiger partial charge on any atom is 0.414 e. The molecule has 1 aliphatic heterocycles. The highest BCUT2D eigenvalue weighted by Gasteiger charge is 2.23. The van der Waals surface area contributed by atoms with Gasteiger partial charge in [0.05, 0.1) is 6.04 Å². The van der Waals surface area contributed by atoms with Crippen LogP contribution in [0.4, 0.5) is 0 Å². The molecular formula is C15H29N3O5. The number of rotatable bonds is 5. The van der Waals surface area contributed by atoms with Gasteiger partial charge in [0.2, 0.25) is 5.91 Å². The molecular weight excluding hydrogens is 302 g/mol. The van der Waals surface area contributed by atoms with Gasteiger partial charge in [0, 0.05) is 26.2 Å². The molecule has 0 radical (unpaired) electrons. The molecule has 1 saturated heterocycles. The van der Waals surface area contributed by atoms with Crippen LogP contribution in [0, 0.1) is 5.92 Å². The first-order valence-corrected chi connectivity index (χ1v) is 7.78. The second-order valence-corrected chi connectivity index (χ2v) is 6.10. The molecule has 0 aromatic carbocycles. The number of carboxylic acid groups (broad SMARTS) is 2. The number of likely N-dealkylation sites (tertiary alicyclic amines) is 1. The Morgan fingerprint density at radius 3 is 2.04 bits per heavy atom.